The average Bonchev–Trinajstić information content (AvgIpc) is 4.11. The summed E-state index contributed by atoms with van der Waals surface area (Å²) in [6.07, 6.45) is 5.55. The van der Waals surface area contributed by atoms with Gasteiger partial charge in [0.05, 0.1) is 59.9 Å². The number of piperidine rings is 2. The number of halogens is 3. The molecular weight excluding hydrogens is 810 g/mol. The number of ether oxygens (including phenoxy) is 1. The molecule has 0 spiro atoms. The van der Waals surface area contributed by atoms with Crippen LogP contribution in [0.25, 0.3) is 16.7 Å². The minimum absolute atomic E-state index is 0.0537. The lowest BCUT2D eigenvalue weighted by atomic mass is 9.85. The molecule has 17 nitrogen and oxygen atoms in total. The summed E-state index contributed by atoms with van der Waals surface area (Å²) in [6.45, 7) is 2.72. The molecule has 1 aromatic carbocycles. The number of anilines is 3. The Bertz CT molecular complexity index is 2620. The molecule has 2 bridgehead atoms. The Morgan fingerprint density at radius 1 is 1.06 bits per heavy atom. The number of carbonyl (C=O) groups is 3. The van der Waals surface area contributed by atoms with E-state index >= 15 is 4.39 Å². The van der Waals surface area contributed by atoms with Crippen molar-refractivity contribution in [2.24, 2.45) is 13.0 Å². The number of nitrogens with one attached hydrogen (secondary N) is 2. The maximum absolute atomic E-state index is 16.1. The van der Waals surface area contributed by atoms with Gasteiger partial charge in [0, 0.05) is 51.5 Å². The number of alkyl halides is 3. The number of imidazole rings is 1. The molecule has 3 amide bonds. The van der Waals surface area contributed by atoms with E-state index in [1.54, 1.807) is 30.1 Å². The highest BCUT2D eigenvalue weighted by Crippen LogP contribution is 2.38. The molecule has 328 valence electrons. The van der Waals surface area contributed by atoms with Crippen molar-refractivity contribution >= 4 is 51.6 Å². The Hall–Kier alpha value is -5.76. The fourth-order valence-electron chi connectivity index (χ4n) is 10.5. The fraction of sp³-hybridized carbons (Fsp3) is 0.548. The van der Waals surface area contributed by atoms with Gasteiger partial charge in [0.25, 0.3) is 12.3 Å². The third-order valence-corrected chi connectivity index (χ3v) is 13.8. The van der Waals surface area contributed by atoms with E-state index in [0.717, 1.165) is 25.8 Å². The maximum atomic E-state index is 16.1. The highest BCUT2D eigenvalue weighted by molar-refractivity contribution is 6.08. The Morgan fingerprint density at radius 3 is 2.61 bits per heavy atom. The number of hydrogen-bond acceptors (Lipinski definition) is 11. The highest BCUT2D eigenvalue weighted by Gasteiger charge is 2.40. The number of rotatable bonds is 10. The number of imide groups is 1. The van der Waals surface area contributed by atoms with Crippen LogP contribution in [0.15, 0.2) is 47.7 Å². The smallest absolute Gasteiger partial charge is 0.329 e. The molecule has 8 heterocycles. The second-order valence-electron chi connectivity index (χ2n) is 17.5. The summed E-state index contributed by atoms with van der Waals surface area (Å²) in [6, 6.07) is 6.26. The zero-order valence-electron chi connectivity index (χ0n) is 34.5. The van der Waals surface area contributed by atoms with Gasteiger partial charge in [0.15, 0.2) is 11.3 Å². The average molecular weight is 859 g/mol. The first-order valence-corrected chi connectivity index (χ1v) is 21.5. The van der Waals surface area contributed by atoms with Crippen molar-refractivity contribution < 1.29 is 32.3 Å². The van der Waals surface area contributed by atoms with Crippen LogP contribution < -0.4 is 26.1 Å². The topological polar surface area (TPSA) is 169 Å². The number of aromatic nitrogens is 7. The fourth-order valence-corrected chi connectivity index (χ4v) is 10.5. The van der Waals surface area contributed by atoms with Gasteiger partial charge >= 0.3 is 5.69 Å². The molecule has 0 radical (unpaired) electrons. The first-order chi connectivity index (χ1) is 29.9. The first-order valence-electron chi connectivity index (χ1n) is 21.5. The monoisotopic (exact) mass is 858 g/mol. The summed E-state index contributed by atoms with van der Waals surface area (Å²) >= 11 is 0. The molecular formula is C42H49F3N12O5. The molecule has 5 atom stereocenters. The summed E-state index contributed by atoms with van der Waals surface area (Å²) in [5, 5.41) is 13.5. The van der Waals surface area contributed by atoms with E-state index in [-0.39, 0.29) is 72.4 Å². The number of amides is 3. The van der Waals surface area contributed by atoms with Crippen LogP contribution in [-0.4, -0.2) is 120 Å². The lowest BCUT2D eigenvalue weighted by Gasteiger charge is -2.42. The minimum atomic E-state index is -2.91. The van der Waals surface area contributed by atoms with Gasteiger partial charge in [-0.15, -0.1) is 0 Å². The number of fused-ring (bicyclic) bond motifs is 4. The molecule has 2 N–H and O–H groups in total. The Kier molecular flexibility index (Phi) is 10.3. The van der Waals surface area contributed by atoms with Crippen LogP contribution in [0.4, 0.5) is 30.4 Å². The molecule has 5 aliphatic rings. The third kappa shape index (κ3) is 7.09. The van der Waals surface area contributed by atoms with Crippen molar-refractivity contribution in [3.63, 3.8) is 0 Å². The second kappa shape index (κ2) is 15.9. The Balaban J connectivity index is 0.760. The molecule has 62 heavy (non-hydrogen) atoms. The molecule has 1 saturated carbocycles. The SMILES string of the molecule is CN(CC1CCC(n2cc(NC(=O)c3cnn4ccc(N5C[C@H]6C[C@@H]5CO6)nc34)c(C(F)F)n2)CC1)[C@H]1CCN(c2cccc3c2n(C)c(=O)n3C2CCC(=O)NC2=O)C[C@@H]1F. The molecule has 5 aromatic rings. The Morgan fingerprint density at radius 2 is 1.89 bits per heavy atom. The summed E-state index contributed by atoms with van der Waals surface area (Å²) in [7, 11) is 3.59. The number of hydrogen-bond donors (Lipinski definition) is 2. The van der Waals surface area contributed by atoms with E-state index in [1.165, 1.54) is 26.0 Å². The maximum Gasteiger partial charge on any atom is 0.329 e. The summed E-state index contributed by atoms with van der Waals surface area (Å²) in [5.41, 5.74) is 1.46. The number of nitrogens with zero attached hydrogens (tertiary/aromatic N) is 10. The predicted molar refractivity (Wildman–Crippen MR) is 221 cm³/mol. The van der Waals surface area contributed by atoms with Crippen molar-refractivity contribution in [1.82, 2.24) is 43.7 Å². The number of aryl methyl sites for hydroxylation is 1. The highest BCUT2D eigenvalue weighted by atomic mass is 19.3. The van der Waals surface area contributed by atoms with E-state index in [0.29, 0.717) is 67.1 Å². The van der Waals surface area contributed by atoms with Crippen LogP contribution in [0.1, 0.15) is 85.9 Å². The normalized spacial score (nSPS) is 26.7. The van der Waals surface area contributed by atoms with Crippen molar-refractivity contribution in [2.75, 3.05) is 55.0 Å². The Labute approximate surface area is 353 Å². The van der Waals surface area contributed by atoms with Crippen molar-refractivity contribution in [1.29, 1.82) is 0 Å². The number of para-hydroxylation sites is 1. The van der Waals surface area contributed by atoms with Gasteiger partial charge in [-0.3, -0.25) is 33.5 Å². The number of benzene rings is 1. The predicted octanol–water partition coefficient (Wildman–Crippen LogP) is 4.00. The van der Waals surface area contributed by atoms with Crippen molar-refractivity contribution in [3.05, 3.63) is 64.6 Å². The molecule has 4 saturated heterocycles. The molecule has 1 aliphatic carbocycles. The van der Waals surface area contributed by atoms with Crippen LogP contribution in [0.2, 0.25) is 0 Å². The van der Waals surface area contributed by atoms with Gasteiger partial charge in [-0.1, -0.05) is 6.07 Å². The van der Waals surface area contributed by atoms with Crippen molar-refractivity contribution in [2.45, 2.75) is 94.2 Å². The van der Waals surface area contributed by atoms with Crippen LogP contribution in [-0.2, 0) is 21.4 Å². The zero-order valence-corrected chi connectivity index (χ0v) is 34.5. The largest absolute Gasteiger partial charge is 0.374 e. The van der Waals surface area contributed by atoms with Gasteiger partial charge in [-0.05, 0) is 76.1 Å². The zero-order chi connectivity index (χ0) is 43.0. The quantitative estimate of drug-likeness (QED) is 0.195. The van der Waals surface area contributed by atoms with Crippen LogP contribution in [0.3, 0.4) is 0 Å². The molecule has 4 aliphatic heterocycles. The van der Waals surface area contributed by atoms with Gasteiger partial charge in [-0.25, -0.2) is 27.5 Å². The van der Waals surface area contributed by atoms with Crippen LogP contribution in [0, 0.1) is 5.92 Å². The van der Waals surface area contributed by atoms with E-state index in [9.17, 15) is 28.0 Å². The molecule has 1 unspecified atom stereocenters. The lowest BCUT2D eigenvalue weighted by Crippen LogP contribution is -2.52. The minimum Gasteiger partial charge on any atom is -0.374 e. The van der Waals surface area contributed by atoms with E-state index in [4.69, 9.17) is 9.72 Å². The molecule has 10 rings (SSSR count). The van der Waals surface area contributed by atoms with Gasteiger partial charge in [0.1, 0.15) is 23.6 Å². The number of carbonyl (C=O) groups excluding carboxylic acids is 3. The van der Waals surface area contributed by atoms with Gasteiger partial charge in [0.2, 0.25) is 11.8 Å². The molecule has 5 fully saturated rings. The van der Waals surface area contributed by atoms with E-state index in [2.05, 4.69) is 30.6 Å². The summed E-state index contributed by atoms with van der Waals surface area (Å²) in [5.74, 6) is -0.485. The van der Waals surface area contributed by atoms with E-state index < -0.39 is 36.1 Å². The standard InChI is InChI=1S/C42H49F3N12O5/c1-51(30-12-14-53(20-28(30)43)31-4-3-5-32-37(31)52(2)42(61)57(32)33-10-11-35(58)49-41(33)60)18-23-6-8-24(9-7-23)56-21-29(36(50-56)38(44)45)47-40(59)27-17-46-55-15-13-34(48-39(27)55)54-19-26-16-25(54)22-62-26/h3-5,13,15,17,21,23-26,28,30,33,38H,6-12,14,16,18-20,22H2,1-2H3,(H,47,59)(H,49,58,60)/t23?,24?,25-,26-,28+,30+,33?/m1/s1. The second-order valence-corrected chi connectivity index (χ2v) is 17.5. The molecule has 4 aromatic heterocycles. The third-order valence-electron chi connectivity index (χ3n) is 13.8. The van der Waals surface area contributed by atoms with Crippen molar-refractivity contribution in [3.8, 4) is 0 Å². The summed E-state index contributed by atoms with van der Waals surface area (Å²) < 4.78 is 56.5. The first kappa shape index (κ1) is 40.3. The number of morpholine rings is 1. The van der Waals surface area contributed by atoms with Crippen LogP contribution in [0.5, 0.6) is 0 Å². The van der Waals surface area contributed by atoms with Gasteiger partial charge in [-0.2, -0.15) is 10.2 Å². The van der Waals surface area contributed by atoms with Crippen LogP contribution >= 0.6 is 0 Å². The molecule has 20 heteroatoms. The van der Waals surface area contributed by atoms with E-state index in [1.807, 2.05) is 24.1 Å². The van der Waals surface area contributed by atoms with Gasteiger partial charge < -0.3 is 24.8 Å². The lowest BCUT2D eigenvalue weighted by molar-refractivity contribution is -0.135. The summed E-state index contributed by atoms with van der Waals surface area (Å²) in [4.78, 5) is 62.5.